The van der Waals surface area contributed by atoms with Crippen molar-refractivity contribution in [2.75, 3.05) is 32.1 Å². The quantitative estimate of drug-likeness (QED) is 0.210. The van der Waals surface area contributed by atoms with E-state index in [4.69, 9.17) is 9.47 Å². The molecule has 0 aliphatic rings. The standard InChI is InChI=1S/C27H30FN7O2/c1-6-20-21(29-3)7-8-22(26(20)28)34-27-25-23(31-16-32-27)11-18(19-14-33-35(4)15-19)12-24(25)37-17(2)13-30-9-10-36-5/h6-8,11-12,14-17,30H,1,3,9-10,13H2,2,4-5H3,(H,31,32,34). The Morgan fingerprint density at radius 1 is 1.24 bits per heavy atom. The number of nitrogens with zero attached hydrogens (tertiary/aromatic N) is 5. The second-order valence-corrected chi connectivity index (χ2v) is 8.47. The lowest BCUT2D eigenvalue weighted by Gasteiger charge is -2.19. The van der Waals surface area contributed by atoms with Gasteiger partial charge in [0, 0.05) is 44.6 Å². The summed E-state index contributed by atoms with van der Waals surface area (Å²) in [6.07, 6.45) is 6.36. The molecule has 9 nitrogen and oxygen atoms in total. The van der Waals surface area contributed by atoms with Crippen LogP contribution in [0.2, 0.25) is 0 Å². The molecule has 37 heavy (non-hydrogen) atoms. The molecule has 0 saturated carbocycles. The molecule has 4 aromatic rings. The minimum atomic E-state index is -0.503. The highest BCUT2D eigenvalue weighted by atomic mass is 19.1. The van der Waals surface area contributed by atoms with Gasteiger partial charge in [-0.3, -0.25) is 9.67 Å². The van der Waals surface area contributed by atoms with Gasteiger partial charge >= 0.3 is 0 Å². The first-order valence-electron chi connectivity index (χ1n) is 11.8. The molecule has 0 bridgehead atoms. The van der Waals surface area contributed by atoms with E-state index in [0.29, 0.717) is 47.9 Å². The van der Waals surface area contributed by atoms with E-state index in [1.807, 2.05) is 32.3 Å². The molecule has 2 N–H and O–H groups in total. The number of hydrogen-bond donors (Lipinski definition) is 2. The molecule has 0 amide bonds. The summed E-state index contributed by atoms with van der Waals surface area (Å²) in [5, 5.41) is 11.3. The van der Waals surface area contributed by atoms with Gasteiger partial charge < -0.3 is 20.1 Å². The van der Waals surface area contributed by atoms with E-state index in [1.54, 1.807) is 30.1 Å². The van der Waals surface area contributed by atoms with Crippen molar-refractivity contribution in [3.63, 3.8) is 0 Å². The Labute approximate surface area is 215 Å². The summed E-state index contributed by atoms with van der Waals surface area (Å²) in [6, 6.07) is 7.12. The average molecular weight is 504 g/mol. The van der Waals surface area contributed by atoms with Crippen LogP contribution in [-0.4, -0.2) is 59.4 Å². The number of hydrogen-bond acceptors (Lipinski definition) is 8. The SMILES string of the molecule is C=Cc1c(N=C)ccc(Nc2ncnc3cc(-c4cnn(C)c4)cc(OC(C)CNCCOC)c23)c1F. The van der Waals surface area contributed by atoms with E-state index in [1.165, 1.54) is 12.4 Å². The van der Waals surface area contributed by atoms with Gasteiger partial charge in [-0.1, -0.05) is 12.7 Å². The molecule has 2 heterocycles. The van der Waals surface area contributed by atoms with Gasteiger partial charge in [0.15, 0.2) is 5.82 Å². The van der Waals surface area contributed by atoms with Crippen molar-refractivity contribution < 1.29 is 13.9 Å². The number of nitrogens with one attached hydrogen (secondary N) is 2. The third-order valence-corrected chi connectivity index (χ3v) is 5.77. The normalized spacial score (nSPS) is 11.9. The molecule has 192 valence electrons. The lowest BCUT2D eigenvalue weighted by molar-refractivity contribution is 0.185. The fraction of sp³-hybridized carbons (Fsp3) is 0.259. The largest absolute Gasteiger partial charge is 0.489 e. The van der Waals surface area contributed by atoms with Gasteiger partial charge in [0.2, 0.25) is 0 Å². The maximum atomic E-state index is 15.3. The number of benzene rings is 2. The van der Waals surface area contributed by atoms with E-state index >= 15 is 4.39 Å². The second-order valence-electron chi connectivity index (χ2n) is 8.47. The number of methoxy groups -OCH3 is 1. The highest BCUT2D eigenvalue weighted by Gasteiger charge is 2.18. The minimum absolute atomic E-state index is 0.181. The van der Waals surface area contributed by atoms with E-state index in [9.17, 15) is 0 Å². The molecule has 0 fully saturated rings. The van der Waals surface area contributed by atoms with Crippen LogP contribution in [0.3, 0.4) is 0 Å². The van der Waals surface area contributed by atoms with Crippen LogP contribution in [0.25, 0.3) is 28.1 Å². The van der Waals surface area contributed by atoms with Gasteiger partial charge in [-0.15, -0.1) is 0 Å². The third kappa shape index (κ3) is 5.82. The number of anilines is 2. The maximum Gasteiger partial charge on any atom is 0.156 e. The number of fused-ring (bicyclic) bond motifs is 1. The molecule has 10 heteroatoms. The van der Waals surface area contributed by atoms with E-state index in [-0.39, 0.29) is 17.4 Å². The molecule has 0 saturated heterocycles. The number of aromatic nitrogens is 4. The predicted octanol–water partition coefficient (Wildman–Crippen LogP) is 4.89. The summed E-state index contributed by atoms with van der Waals surface area (Å²) < 4.78 is 28.5. The molecular formula is C27H30FN7O2. The lowest BCUT2D eigenvalue weighted by atomic mass is 10.1. The van der Waals surface area contributed by atoms with Crippen LogP contribution in [0.15, 0.2) is 54.6 Å². The van der Waals surface area contributed by atoms with Crippen molar-refractivity contribution in [1.29, 1.82) is 0 Å². The molecule has 0 radical (unpaired) electrons. The summed E-state index contributed by atoms with van der Waals surface area (Å²) in [5.74, 6) is 0.469. The Bertz CT molecular complexity index is 1420. The first kappa shape index (κ1) is 25.9. The zero-order valence-electron chi connectivity index (χ0n) is 21.2. The number of ether oxygens (including phenoxy) is 2. The Morgan fingerprint density at radius 2 is 2.08 bits per heavy atom. The number of aliphatic imine (C=N–C) groups is 1. The highest BCUT2D eigenvalue weighted by molar-refractivity contribution is 5.98. The van der Waals surface area contributed by atoms with Crippen molar-refractivity contribution >= 4 is 40.9 Å². The Morgan fingerprint density at radius 3 is 2.78 bits per heavy atom. The Balaban J connectivity index is 1.77. The first-order chi connectivity index (χ1) is 17.9. The van der Waals surface area contributed by atoms with E-state index in [2.05, 4.69) is 44.0 Å². The van der Waals surface area contributed by atoms with Gasteiger partial charge in [-0.2, -0.15) is 5.10 Å². The summed E-state index contributed by atoms with van der Waals surface area (Å²) in [6.45, 7) is 11.1. The van der Waals surface area contributed by atoms with Crippen LogP contribution < -0.4 is 15.4 Å². The van der Waals surface area contributed by atoms with Crippen LogP contribution in [0, 0.1) is 5.82 Å². The van der Waals surface area contributed by atoms with Crippen LogP contribution >= 0.6 is 0 Å². The molecule has 2 aromatic carbocycles. The van der Waals surface area contributed by atoms with Gasteiger partial charge in [0.25, 0.3) is 0 Å². The summed E-state index contributed by atoms with van der Waals surface area (Å²) in [7, 11) is 3.52. The summed E-state index contributed by atoms with van der Waals surface area (Å²) >= 11 is 0. The van der Waals surface area contributed by atoms with Gasteiger partial charge in [-0.05, 0) is 43.5 Å². The fourth-order valence-electron chi connectivity index (χ4n) is 3.96. The molecule has 0 spiro atoms. The summed E-state index contributed by atoms with van der Waals surface area (Å²) in [4.78, 5) is 12.8. The smallest absolute Gasteiger partial charge is 0.156 e. The molecule has 1 unspecified atom stereocenters. The van der Waals surface area contributed by atoms with E-state index in [0.717, 1.165) is 11.1 Å². The fourth-order valence-corrected chi connectivity index (χ4v) is 3.96. The zero-order valence-corrected chi connectivity index (χ0v) is 21.2. The average Bonchev–Trinajstić information content (AvgIpc) is 3.33. The molecule has 2 aromatic heterocycles. The lowest BCUT2D eigenvalue weighted by Crippen LogP contribution is -2.31. The van der Waals surface area contributed by atoms with Crippen LogP contribution in [0.1, 0.15) is 12.5 Å². The number of rotatable bonds is 12. The second kappa shape index (κ2) is 11.7. The van der Waals surface area contributed by atoms with Gasteiger partial charge in [0.1, 0.15) is 24.0 Å². The van der Waals surface area contributed by atoms with Gasteiger partial charge in [-0.25, -0.2) is 14.4 Å². The third-order valence-electron chi connectivity index (χ3n) is 5.77. The van der Waals surface area contributed by atoms with Crippen molar-refractivity contribution in [2.24, 2.45) is 12.0 Å². The maximum absolute atomic E-state index is 15.3. The minimum Gasteiger partial charge on any atom is -0.489 e. The van der Waals surface area contributed by atoms with Crippen molar-refractivity contribution in [1.82, 2.24) is 25.1 Å². The van der Waals surface area contributed by atoms with Crippen LogP contribution in [-0.2, 0) is 11.8 Å². The molecule has 4 rings (SSSR count). The monoisotopic (exact) mass is 503 g/mol. The topological polar surface area (TPSA) is 98.5 Å². The highest BCUT2D eigenvalue weighted by Crippen LogP contribution is 2.38. The number of aryl methyl sites for hydroxylation is 1. The number of halogens is 1. The Hall–Kier alpha value is -4.15. The first-order valence-corrected chi connectivity index (χ1v) is 11.8. The van der Waals surface area contributed by atoms with E-state index < -0.39 is 5.82 Å². The van der Waals surface area contributed by atoms with Crippen molar-refractivity contribution in [2.45, 2.75) is 13.0 Å². The molecule has 1 atom stereocenters. The Kier molecular flexibility index (Phi) is 8.22. The zero-order chi connectivity index (χ0) is 26.4. The van der Waals surface area contributed by atoms with Crippen LogP contribution in [0.4, 0.5) is 21.6 Å². The van der Waals surface area contributed by atoms with Crippen molar-refractivity contribution in [3.05, 3.63) is 60.9 Å². The van der Waals surface area contributed by atoms with Crippen LogP contribution in [0.5, 0.6) is 5.75 Å². The molecule has 0 aliphatic carbocycles. The van der Waals surface area contributed by atoms with Gasteiger partial charge in [0.05, 0.1) is 35.1 Å². The molecule has 0 aliphatic heterocycles. The predicted molar refractivity (Wildman–Crippen MR) is 146 cm³/mol. The molecular weight excluding hydrogens is 473 g/mol. The summed E-state index contributed by atoms with van der Waals surface area (Å²) in [5.41, 5.74) is 3.33. The van der Waals surface area contributed by atoms with Crippen molar-refractivity contribution in [3.8, 4) is 16.9 Å².